The first-order chi connectivity index (χ1) is 5.15. The number of hydrogen-bond donors (Lipinski definition) is 5. The maximum atomic E-state index is 8.54. The molecule has 0 fully saturated rings. The topological polar surface area (TPSA) is 110 Å². The van der Waals surface area contributed by atoms with Crippen LogP contribution in [0.1, 0.15) is 0 Å². The molecule has 0 atom stereocenters. The third kappa shape index (κ3) is 1.27. The minimum atomic E-state index is 0.291. The zero-order chi connectivity index (χ0) is 8.43. The van der Waals surface area contributed by atoms with Crippen LogP contribution in [-0.4, -0.2) is 5.21 Å². The number of hydrogen-bond acceptors (Lipinski definition) is 5. The average Bonchev–Trinajstić information content (AvgIpc) is 1.85. The molecule has 11 heavy (non-hydrogen) atoms. The summed E-state index contributed by atoms with van der Waals surface area (Å²) in [5, 5.41) is 8.54. The van der Waals surface area contributed by atoms with Gasteiger partial charge in [-0.3, -0.25) is 10.7 Å². The van der Waals surface area contributed by atoms with E-state index in [2.05, 4.69) is 0 Å². The predicted octanol–water partition coefficient (Wildman–Crippen LogP) is 0.234. The maximum absolute atomic E-state index is 8.54. The number of benzene rings is 1. The molecule has 0 radical (unpaired) electrons. The fourth-order valence-corrected chi connectivity index (χ4v) is 0.841. The van der Waals surface area contributed by atoms with Crippen LogP contribution in [0.3, 0.4) is 0 Å². The van der Waals surface area contributed by atoms with E-state index < -0.39 is 0 Å². The molecular formula is C6H10N4O. The van der Waals surface area contributed by atoms with Crippen molar-refractivity contribution in [3.8, 4) is 0 Å². The summed E-state index contributed by atoms with van der Waals surface area (Å²) in [5.41, 5.74) is 19.6. The molecule has 0 heterocycles. The molecule has 5 heteroatoms. The SMILES string of the molecule is Nc1cc(N)c(NO)c(N)c1. The molecule has 60 valence electrons. The molecule has 0 saturated carbocycles. The zero-order valence-corrected chi connectivity index (χ0v) is 5.83. The minimum absolute atomic E-state index is 0.291. The molecule has 0 bridgehead atoms. The highest BCUT2D eigenvalue weighted by molar-refractivity contribution is 5.82. The van der Waals surface area contributed by atoms with E-state index in [4.69, 9.17) is 22.4 Å². The quantitative estimate of drug-likeness (QED) is 0.294. The third-order valence-electron chi connectivity index (χ3n) is 1.33. The highest BCUT2D eigenvalue weighted by Gasteiger charge is 2.02. The van der Waals surface area contributed by atoms with Crippen LogP contribution in [-0.2, 0) is 0 Å². The van der Waals surface area contributed by atoms with E-state index in [-0.39, 0.29) is 0 Å². The largest absolute Gasteiger partial charge is 0.399 e. The lowest BCUT2D eigenvalue weighted by Crippen LogP contribution is -2.02. The molecule has 1 aromatic rings. The van der Waals surface area contributed by atoms with Gasteiger partial charge in [-0.25, -0.2) is 0 Å². The summed E-state index contributed by atoms with van der Waals surface area (Å²) in [6.07, 6.45) is 0. The average molecular weight is 154 g/mol. The summed E-state index contributed by atoms with van der Waals surface area (Å²) in [4.78, 5) is 0. The first kappa shape index (κ1) is 7.49. The summed E-state index contributed by atoms with van der Waals surface area (Å²) < 4.78 is 0. The van der Waals surface area contributed by atoms with E-state index in [9.17, 15) is 0 Å². The Morgan fingerprint density at radius 1 is 1.09 bits per heavy atom. The van der Waals surface area contributed by atoms with Crippen LogP contribution in [0.4, 0.5) is 22.7 Å². The van der Waals surface area contributed by atoms with Gasteiger partial charge in [0.05, 0.1) is 11.4 Å². The standard InChI is InChI=1S/C6H10N4O/c7-3-1-4(8)6(10-11)5(9)2-3/h1-2,10-11H,7-9H2. The Labute approximate surface area is 63.7 Å². The number of rotatable bonds is 1. The minimum Gasteiger partial charge on any atom is -0.399 e. The summed E-state index contributed by atoms with van der Waals surface area (Å²) in [6.45, 7) is 0. The molecular weight excluding hydrogens is 144 g/mol. The molecule has 0 saturated heterocycles. The second kappa shape index (κ2) is 2.55. The van der Waals surface area contributed by atoms with Crippen molar-refractivity contribution in [2.24, 2.45) is 0 Å². The molecule has 5 nitrogen and oxygen atoms in total. The normalized spacial score (nSPS) is 9.55. The molecule has 8 N–H and O–H groups in total. The van der Waals surface area contributed by atoms with Crippen molar-refractivity contribution in [3.05, 3.63) is 12.1 Å². The molecule has 0 spiro atoms. The third-order valence-corrected chi connectivity index (χ3v) is 1.33. The number of nitrogens with two attached hydrogens (primary N) is 3. The second-order valence-electron chi connectivity index (χ2n) is 2.19. The molecule has 1 rings (SSSR count). The van der Waals surface area contributed by atoms with Crippen LogP contribution in [0.2, 0.25) is 0 Å². The van der Waals surface area contributed by atoms with Gasteiger partial charge >= 0.3 is 0 Å². The molecule has 0 unspecified atom stereocenters. The van der Waals surface area contributed by atoms with E-state index in [1.54, 1.807) is 0 Å². The number of nitrogens with one attached hydrogen (secondary N) is 1. The van der Waals surface area contributed by atoms with Gasteiger partial charge in [-0.2, -0.15) is 0 Å². The van der Waals surface area contributed by atoms with Gasteiger partial charge in [-0.15, -0.1) is 0 Å². The van der Waals surface area contributed by atoms with Crippen molar-refractivity contribution in [3.63, 3.8) is 0 Å². The molecule has 1 aromatic carbocycles. The van der Waals surface area contributed by atoms with Crippen molar-refractivity contribution in [2.75, 3.05) is 22.7 Å². The number of anilines is 4. The van der Waals surface area contributed by atoms with Gasteiger partial charge in [0.15, 0.2) is 0 Å². The smallest absolute Gasteiger partial charge is 0.106 e. The summed E-state index contributed by atoms with van der Waals surface area (Å²) in [5.74, 6) is 0. The van der Waals surface area contributed by atoms with Gasteiger partial charge < -0.3 is 17.2 Å². The lowest BCUT2D eigenvalue weighted by atomic mass is 10.2. The van der Waals surface area contributed by atoms with Crippen LogP contribution in [0.15, 0.2) is 12.1 Å². The van der Waals surface area contributed by atoms with Gasteiger partial charge in [-0.1, -0.05) is 0 Å². The second-order valence-corrected chi connectivity index (χ2v) is 2.19. The van der Waals surface area contributed by atoms with E-state index in [1.165, 1.54) is 12.1 Å². The van der Waals surface area contributed by atoms with E-state index in [1.807, 2.05) is 5.48 Å². The first-order valence-electron chi connectivity index (χ1n) is 2.99. The fraction of sp³-hybridized carbons (Fsp3) is 0. The van der Waals surface area contributed by atoms with Gasteiger partial charge in [0.25, 0.3) is 0 Å². The molecule has 0 aliphatic heterocycles. The molecule has 0 aliphatic carbocycles. The Bertz CT molecular complexity index is 250. The number of nitrogen functional groups attached to an aromatic ring is 3. The van der Waals surface area contributed by atoms with Gasteiger partial charge in [0.2, 0.25) is 0 Å². The Hall–Kier alpha value is -1.62. The highest BCUT2D eigenvalue weighted by atomic mass is 16.5. The van der Waals surface area contributed by atoms with Crippen molar-refractivity contribution >= 4 is 22.7 Å². The molecule has 0 aromatic heterocycles. The lowest BCUT2D eigenvalue weighted by Gasteiger charge is -2.07. The summed E-state index contributed by atoms with van der Waals surface area (Å²) >= 11 is 0. The molecule has 0 amide bonds. The molecule has 0 aliphatic rings. The van der Waals surface area contributed by atoms with Crippen molar-refractivity contribution in [1.82, 2.24) is 0 Å². The zero-order valence-electron chi connectivity index (χ0n) is 5.83. The fourth-order valence-electron chi connectivity index (χ4n) is 0.841. The Morgan fingerprint density at radius 2 is 1.55 bits per heavy atom. The summed E-state index contributed by atoms with van der Waals surface area (Å²) in [7, 11) is 0. The lowest BCUT2D eigenvalue weighted by molar-refractivity contribution is 0.390. The van der Waals surface area contributed by atoms with Crippen LogP contribution in [0, 0.1) is 0 Å². The Morgan fingerprint density at radius 3 is 1.91 bits per heavy atom. The highest BCUT2D eigenvalue weighted by Crippen LogP contribution is 2.27. The monoisotopic (exact) mass is 154 g/mol. The summed E-state index contributed by atoms with van der Waals surface area (Å²) in [6, 6.07) is 3.02. The Kier molecular flexibility index (Phi) is 1.74. The first-order valence-corrected chi connectivity index (χ1v) is 2.99. The van der Waals surface area contributed by atoms with Crippen molar-refractivity contribution in [2.45, 2.75) is 0 Å². The van der Waals surface area contributed by atoms with Crippen LogP contribution in [0.5, 0.6) is 0 Å². The maximum Gasteiger partial charge on any atom is 0.106 e. The van der Waals surface area contributed by atoms with Crippen molar-refractivity contribution < 1.29 is 5.21 Å². The van der Waals surface area contributed by atoms with Gasteiger partial charge in [0.1, 0.15) is 5.69 Å². The van der Waals surface area contributed by atoms with Gasteiger partial charge in [-0.05, 0) is 12.1 Å². The van der Waals surface area contributed by atoms with Crippen LogP contribution >= 0.6 is 0 Å². The van der Waals surface area contributed by atoms with Gasteiger partial charge in [0, 0.05) is 5.69 Å². The van der Waals surface area contributed by atoms with E-state index in [0.717, 1.165) is 0 Å². The van der Waals surface area contributed by atoms with Crippen LogP contribution in [0.25, 0.3) is 0 Å². The predicted molar refractivity (Wildman–Crippen MR) is 45.1 cm³/mol. The van der Waals surface area contributed by atoms with Crippen molar-refractivity contribution in [1.29, 1.82) is 0 Å². The Balaban J connectivity index is 3.25. The van der Waals surface area contributed by atoms with Crippen LogP contribution < -0.4 is 22.7 Å². The van der Waals surface area contributed by atoms with E-state index >= 15 is 0 Å². The van der Waals surface area contributed by atoms with E-state index in [0.29, 0.717) is 22.7 Å².